The van der Waals surface area contributed by atoms with Crippen LogP contribution in [0.25, 0.3) is 0 Å². The van der Waals surface area contributed by atoms with Gasteiger partial charge < -0.3 is 10.1 Å². The molecule has 3 heteroatoms. The molecule has 19 heavy (non-hydrogen) atoms. The Labute approximate surface area is 113 Å². The summed E-state index contributed by atoms with van der Waals surface area (Å²) in [6.07, 6.45) is 2.81. The van der Waals surface area contributed by atoms with Gasteiger partial charge in [-0.1, -0.05) is 36.4 Å². The Hall–Kier alpha value is -1.71. The minimum atomic E-state index is -0.210. The molecule has 1 fully saturated rings. The van der Waals surface area contributed by atoms with Gasteiger partial charge in [-0.25, -0.2) is 0 Å². The minimum Gasteiger partial charge on any atom is -0.363 e. The van der Waals surface area contributed by atoms with Gasteiger partial charge in [0.2, 0.25) is 0 Å². The van der Waals surface area contributed by atoms with E-state index >= 15 is 0 Å². The maximum atomic E-state index is 6.24. The van der Waals surface area contributed by atoms with E-state index in [1.807, 2.05) is 24.3 Å². The van der Waals surface area contributed by atoms with Crippen LogP contribution in [-0.2, 0) is 16.9 Å². The Bertz CT molecular complexity index is 507. The molecule has 0 radical (unpaired) electrons. The number of nitrogens with one attached hydrogen (secondary N) is 1. The molecule has 3 rings (SSSR count). The van der Waals surface area contributed by atoms with Gasteiger partial charge in [-0.15, -0.1) is 0 Å². The highest BCUT2D eigenvalue weighted by atomic mass is 16.5. The van der Waals surface area contributed by atoms with Crippen LogP contribution in [0.4, 0.5) is 0 Å². The van der Waals surface area contributed by atoms with Crippen molar-refractivity contribution >= 4 is 0 Å². The topological polar surface area (TPSA) is 34.1 Å². The third kappa shape index (κ3) is 2.67. The lowest BCUT2D eigenvalue weighted by atomic mass is 9.93. The van der Waals surface area contributed by atoms with Crippen molar-refractivity contribution in [3.63, 3.8) is 0 Å². The van der Waals surface area contributed by atoms with Crippen molar-refractivity contribution in [1.29, 1.82) is 0 Å². The predicted molar refractivity (Wildman–Crippen MR) is 74.6 cm³/mol. The van der Waals surface area contributed by atoms with E-state index in [-0.39, 0.29) is 5.60 Å². The fourth-order valence-electron chi connectivity index (χ4n) is 2.56. The number of hydrogen-bond acceptors (Lipinski definition) is 3. The Morgan fingerprint density at radius 3 is 2.63 bits per heavy atom. The molecule has 0 aliphatic carbocycles. The first-order chi connectivity index (χ1) is 9.39. The molecule has 1 aromatic carbocycles. The van der Waals surface area contributed by atoms with Gasteiger partial charge in [-0.3, -0.25) is 4.98 Å². The van der Waals surface area contributed by atoms with Crippen LogP contribution in [0.1, 0.15) is 17.7 Å². The number of hydrogen-bond donors (Lipinski definition) is 1. The molecule has 98 valence electrons. The SMILES string of the molecule is c1ccc(C2(OCc3ccccn3)CCNC2)cc1. The van der Waals surface area contributed by atoms with Crippen molar-refractivity contribution < 1.29 is 4.74 Å². The third-order valence-corrected chi connectivity index (χ3v) is 3.64. The second-order valence-electron chi connectivity index (χ2n) is 4.90. The molecule has 1 unspecified atom stereocenters. The van der Waals surface area contributed by atoms with E-state index in [4.69, 9.17) is 4.74 Å². The maximum Gasteiger partial charge on any atom is 0.107 e. The summed E-state index contributed by atoms with van der Waals surface area (Å²) in [6, 6.07) is 16.4. The van der Waals surface area contributed by atoms with E-state index in [0.29, 0.717) is 6.61 Å². The van der Waals surface area contributed by atoms with Gasteiger partial charge in [0.1, 0.15) is 5.60 Å². The molecule has 2 aromatic rings. The fourth-order valence-corrected chi connectivity index (χ4v) is 2.56. The molecule has 1 atom stereocenters. The third-order valence-electron chi connectivity index (χ3n) is 3.64. The second-order valence-corrected chi connectivity index (χ2v) is 4.90. The van der Waals surface area contributed by atoms with E-state index in [1.165, 1.54) is 5.56 Å². The first kappa shape index (κ1) is 12.3. The lowest BCUT2D eigenvalue weighted by Gasteiger charge is -2.29. The number of ether oxygens (including phenoxy) is 1. The molecule has 0 saturated carbocycles. The van der Waals surface area contributed by atoms with Gasteiger partial charge in [0, 0.05) is 12.7 Å². The number of rotatable bonds is 4. The standard InChI is InChI=1S/C16H18N2O/c1-2-6-14(7-3-1)16(9-11-17-13-16)19-12-15-8-4-5-10-18-15/h1-8,10,17H,9,11-13H2. The van der Waals surface area contributed by atoms with Crippen molar-refractivity contribution in [1.82, 2.24) is 10.3 Å². The fraction of sp³-hybridized carbons (Fsp3) is 0.312. The van der Waals surface area contributed by atoms with E-state index < -0.39 is 0 Å². The van der Waals surface area contributed by atoms with Crippen LogP contribution in [-0.4, -0.2) is 18.1 Å². The highest BCUT2D eigenvalue weighted by molar-refractivity contribution is 5.24. The highest BCUT2D eigenvalue weighted by Crippen LogP contribution is 2.32. The van der Waals surface area contributed by atoms with Gasteiger partial charge in [-0.2, -0.15) is 0 Å². The normalized spacial score (nSPS) is 22.5. The van der Waals surface area contributed by atoms with E-state index in [1.54, 1.807) is 6.20 Å². The van der Waals surface area contributed by atoms with Crippen LogP contribution in [0, 0.1) is 0 Å². The van der Waals surface area contributed by atoms with Crippen molar-refractivity contribution in [3.05, 3.63) is 66.0 Å². The van der Waals surface area contributed by atoms with Crippen molar-refractivity contribution in [3.8, 4) is 0 Å². The summed E-state index contributed by atoms with van der Waals surface area (Å²) in [5.74, 6) is 0. The van der Waals surface area contributed by atoms with Crippen LogP contribution in [0.2, 0.25) is 0 Å². The highest BCUT2D eigenvalue weighted by Gasteiger charge is 2.36. The van der Waals surface area contributed by atoms with Crippen LogP contribution in [0.5, 0.6) is 0 Å². The number of nitrogens with zero attached hydrogens (tertiary/aromatic N) is 1. The van der Waals surface area contributed by atoms with Gasteiger partial charge in [0.05, 0.1) is 12.3 Å². The molecular weight excluding hydrogens is 236 g/mol. The molecule has 0 spiro atoms. The van der Waals surface area contributed by atoms with Crippen LogP contribution in [0.15, 0.2) is 54.7 Å². The van der Waals surface area contributed by atoms with E-state index in [0.717, 1.165) is 25.2 Å². The zero-order chi connectivity index (χ0) is 13.0. The van der Waals surface area contributed by atoms with Crippen LogP contribution < -0.4 is 5.32 Å². The van der Waals surface area contributed by atoms with Crippen molar-refractivity contribution in [2.75, 3.05) is 13.1 Å². The lowest BCUT2D eigenvalue weighted by molar-refractivity contribution is -0.0483. The molecule has 2 heterocycles. The molecule has 0 bridgehead atoms. The monoisotopic (exact) mass is 254 g/mol. The van der Waals surface area contributed by atoms with Gasteiger partial charge in [0.15, 0.2) is 0 Å². The van der Waals surface area contributed by atoms with Gasteiger partial charge >= 0.3 is 0 Å². The molecule has 1 aliphatic rings. The molecular formula is C16H18N2O. The summed E-state index contributed by atoms with van der Waals surface area (Å²) in [6.45, 7) is 2.42. The van der Waals surface area contributed by atoms with E-state index in [2.05, 4.69) is 34.6 Å². The largest absolute Gasteiger partial charge is 0.363 e. The lowest BCUT2D eigenvalue weighted by Crippen LogP contribution is -2.32. The van der Waals surface area contributed by atoms with Gasteiger partial charge in [-0.05, 0) is 30.7 Å². The summed E-state index contributed by atoms with van der Waals surface area (Å²) in [5, 5.41) is 3.40. The average Bonchev–Trinajstić information content (AvgIpc) is 2.97. The van der Waals surface area contributed by atoms with Crippen LogP contribution in [0.3, 0.4) is 0 Å². The molecule has 0 amide bonds. The molecule has 1 N–H and O–H groups in total. The average molecular weight is 254 g/mol. The Morgan fingerprint density at radius 1 is 1.11 bits per heavy atom. The first-order valence-electron chi connectivity index (χ1n) is 6.69. The number of aromatic nitrogens is 1. The summed E-state index contributed by atoms with van der Waals surface area (Å²) in [7, 11) is 0. The number of pyridine rings is 1. The summed E-state index contributed by atoms with van der Waals surface area (Å²) >= 11 is 0. The Balaban J connectivity index is 1.78. The summed E-state index contributed by atoms with van der Waals surface area (Å²) in [5.41, 5.74) is 2.01. The van der Waals surface area contributed by atoms with Crippen LogP contribution >= 0.6 is 0 Å². The molecule has 3 nitrogen and oxygen atoms in total. The molecule has 1 aliphatic heterocycles. The number of benzene rings is 1. The smallest absolute Gasteiger partial charge is 0.107 e. The maximum absolute atomic E-state index is 6.24. The van der Waals surface area contributed by atoms with Crippen molar-refractivity contribution in [2.24, 2.45) is 0 Å². The minimum absolute atomic E-state index is 0.210. The quantitative estimate of drug-likeness (QED) is 0.910. The second kappa shape index (κ2) is 5.51. The zero-order valence-corrected chi connectivity index (χ0v) is 10.9. The summed E-state index contributed by atoms with van der Waals surface area (Å²) in [4.78, 5) is 4.32. The summed E-state index contributed by atoms with van der Waals surface area (Å²) < 4.78 is 6.24. The Morgan fingerprint density at radius 2 is 1.95 bits per heavy atom. The first-order valence-corrected chi connectivity index (χ1v) is 6.69. The Kier molecular flexibility index (Phi) is 3.58. The van der Waals surface area contributed by atoms with Gasteiger partial charge in [0.25, 0.3) is 0 Å². The van der Waals surface area contributed by atoms with Crippen molar-refractivity contribution in [2.45, 2.75) is 18.6 Å². The molecule has 1 saturated heterocycles. The zero-order valence-electron chi connectivity index (χ0n) is 10.9. The molecule has 1 aromatic heterocycles. The predicted octanol–water partition coefficient (Wildman–Crippen LogP) is 2.49. The van der Waals surface area contributed by atoms with E-state index in [9.17, 15) is 0 Å².